The number of aliphatic hydroxyl groups is 1. The van der Waals surface area contributed by atoms with Crippen LogP contribution in [-0.2, 0) is 10.0 Å². The van der Waals surface area contributed by atoms with Gasteiger partial charge in [0.25, 0.3) is 0 Å². The Bertz CT molecular complexity index is 890. The van der Waals surface area contributed by atoms with Gasteiger partial charge in [-0.05, 0) is 116 Å². The molecule has 0 saturated heterocycles. The summed E-state index contributed by atoms with van der Waals surface area (Å²) in [5.41, 5.74) is 1.26. The van der Waals surface area contributed by atoms with E-state index in [2.05, 4.69) is 78.0 Å². The summed E-state index contributed by atoms with van der Waals surface area (Å²) in [6, 6.07) is 10.5. The summed E-state index contributed by atoms with van der Waals surface area (Å²) in [5.74, 6) is 3.17. The molecule has 0 bridgehead atoms. The molecule has 1 N–H and O–H groups in total. The Kier molecular flexibility index (Phi) is 6.02. The molecule has 190 valence electrons. The summed E-state index contributed by atoms with van der Waals surface area (Å²) in [6.07, 6.45) is 11.5. The van der Waals surface area contributed by atoms with Gasteiger partial charge < -0.3 is 9.53 Å². The average Bonchev–Trinajstić information content (AvgIpc) is 3.10. The van der Waals surface area contributed by atoms with E-state index in [1.165, 1.54) is 44.9 Å². The summed E-state index contributed by atoms with van der Waals surface area (Å²) in [5, 5.41) is 12.0. The molecular weight excluding hydrogens is 432 g/mol. The van der Waals surface area contributed by atoms with E-state index in [-0.39, 0.29) is 5.04 Å². The highest BCUT2D eigenvalue weighted by Gasteiger charge is 2.62. The van der Waals surface area contributed by atoms with Gasteiger partial charge in [0.05, 0.1) is 11.7 Å². The minimum absolute atomic E-state index is 0.280. The Balaban J connectivity index is 1.34. The Labute approximate surface area is 210 Å². The Morgan fingerprint density at radius 1 is 0.853 bits per heavy atom. The van der Waals surface area contributed by atoms with Crippen LogP contribution in [0.15, 0.2) is 30.3 Å². The van der Waals surface area contributed by atoms with Gasteiger partial charge in [0.1, 0.15) is 0 Å². The maximum absolute atomic E-state index is 11.7. The monoisotopic (exact) mass is 482 g/mol. The zero-order valence-electron chi connectivity index (χ0n) is 23.0. The number of hydrogen-bond acceptors (Lipinski definition) is 2. The van der Waals surface area contributed by atoms with Crippen molar-refractivity contribution < 1.29 is 9.53 Å². The van der Waals surface area contributed by atoms with Gasteiger partial charge in [-0.15, -0.1) is 0 Å². The number of fused-ring (bicyclic) bond motifs is 5. The van der Waals surface area contributed by atoms with E-state index >= 15 is 0 Å². The van der Waals surface area contributed by atoms with Crippen LogP contribution in [0.5, 0.6) is 0 Å². The van der Waals surface area contributed by atoms with Crippen LogP contribution >= 0.6 is 0 Å². The third-order valence-electron chi connectivity index (χ3n) is 12.2. The second-order valence-electron chi connectivity index (χ2n) is 14.7. The van der Waals surface area contributed by atoms with Gasteiger partial charge in [-0.1, -0.05) is 65.0 Å². The topological polar surface area (TPSA) is 29.5 Å². The van der Waals surface area contributed by atoms with Crippen molar-refractivity contribution in [1.82, 2.24) is 0 Å². The predicted octanol–water partition coefficient (Wildman–Crippen LogP) is 8.31. The van der Waals surface area contributed by atoms with Gasteiger partial charge in [-0.3, -0.25) is 0 Å². The van der Waals surface area contributed by atoms with Crippen LogP contribution in [0.25, 0.3) is 0 Å². The Morgan fingerprint density at radius 3 is 2.21 bits per heavy atom. The van der Waals surface area contributed by atoms with Gasteiger partial charge >= 0.3 is 0 Å². The molecule has 4 saturated carbocycles. The molecule has 0 aliphatic heterocycles. The molecule has 8 atom stereocenters. The Morgan fingerprint density at radius 2 is 1.53 bits per heavy atom. The van der Waals surface area contributed by atoms with Gasteiger partial charge in [0, 0.05) is 0 Å². The molecule has 0 spiro atoms. The van der Waals surface area contributed by atoms with Crippen molar-refractivity contribution in [1.29, 1.82) is 0 Å². The standard InChI is InChI=1S/C31H50O2Si/c1-28(2,3)34(6,7)33-27-16-15-25-24-14-13-23-21-31(32,22-11-9-8-10-12-22)20-19-29(23,4)26(24)17-18-30(25,27)5/h8-12,23-27,32H,13-21H2,1-7H3/t23?,24-,25-,26-,27-,29-,30-,31-/m0/s1. The van der Waals surface area contributed by atoms with E-state index in [9.17, 15) is 5.11 Å². The fourth-order valence-corrected chi connectivity index (χ4v) is 10.4. The third kappa shape index (κ3) is 3.79. The highest BCUT2D eigenvalue weighted by Crippen LogP contribution is 2.68. The van der Waals surface area contributed by atoms with E-state index in [1.54, 1.807) is 0 Å². The van der Waals surface area contributed by atoms with Gasteiger partial charge in [-0.25, -0.2) is 0 Å². The van der Waals surface area contributed by atoms with Crippen LogP contribution in [-0.4, -0.2) is 19.5 Å². The largest absolute Gasteiger partial charge is 0.413 e. The number of rotatable bonds is 3. The first-order valence-corrected chi connectivity index (χ1v) is 17.2. The first-order chi connectivity index (χ1) is 15.8. The second kappa shape index (κ2) is 8.18. The lowest BCUT2D eigenvalue weighted by atomic mass is 9.44. The van der Waals surface area contributed by atoms with E-state index < -0.39 is 13.9 Å². The van der Waals surface area contributed by atoms with Crippen molar-refractivity contribution >= 4 is 8.32 Å². The van der Waals surface area contributed by atoms with E-state index in [0.717, 1.165) is 36.2 Å². The van der Waals surface area contributed by atoms with Crippen LogP contribution in [0.1, 0.15) is 98.0 Å². The summed E-state index contributed by atoms with van der Waals surface area (Å²) < 4.78 is 7.13. The quantitative estimate of drug-likeness (QED) is 0.439. The maximum atomic E-state index is 11.7. The molecule has 0 heterocycles. The molecule has 34 heavy (non-hydrogen) atoms. The molecule has 0 amide bonds. The lowest BCUT2D eigenvalue weighted by Gasteiger charge is -2.62. The SMILES string of the molecule is CC(C)(C)[Si](C)(C)O[C@H]1CC[C@H]2[C@@H]3CCC4C[C@](O)(c5ccccc5)CC[C@]4(C)[C@H]3CC[C@]12C. The van der Waals surface area contributed by atoms with Crippen LogP contribution in [0.3, 0.4) is 0 Å². The van der Waals surface area contributed by atoms with Crippen LogP contribution in [0.4, 0.5) is 0 Å². The van der Waals surface area contributed by atoms with Crippen molar-refractivity contribution in [3.8, 4) is 0 Å². The minimum Gasteiger partial charge on any atom is -0.413 e. The molecular formula is C31H50O2Si. The molecule has 3 heteroatoms. The van der Waals surface area contributed by atoms with Gasteiger partial charge in [0.15, 0.2) is 8.32 Å². The third-order valence-corrected chi connectivity index (χ3v) is 16.7. The van der Waals surface area contributed by atoms with Crippen LogP contribution in [0, 0.1) is 34.5 Å². The molecule has 0 aromatic heterocycles. The molecule has 1 unspecified atom stereocenters. The summed E-state index contributed by atoms with van der Waals surface area (Å²) in [6.45, 7) is 17.2. The minimum atomic E-state index is -1.76. The molecule has 0 radical (unpaired) electrons. The van der Waals surface area contributed by atoms with Crippen LogP contribution < -0.4 is 0 Å². The van der Waals surface area contributed by atoms with E-state index in [4.69, 9.17) is 4.43 Å². The first kappa shape index (κ1) is 25.0. The zero-order chi connectivity index (χ0) is 24.6. The van der Waals surface area contributed by atoms with Crippen molar-refractivity contribution in [3.05, 3.63) is 35.9 Å². The highest BCUT2D eigenvalue weighted by atomic mass is 28.4. The zero-order valence-corrected chi connectivity index (χ0v) is 24.0. The van der Waals surface area contributed by atoms with Crippen molar-refractivity contribution in [2.45, 2.75) is 122 Å². The first-order valence-electron chi connectivity index (χ1n) is 14.3. The fourth-order valence-electron chi connectivity index (χ4n) is 8.93. The summed E-state index contributed by atoms with van der Waals surface area (Å²) >= 11 is 0. The predicted molar refractivity (Wildman–Crippen MR) is 144 cm³/mol. The lowest BCUT2D eigenvalue weighted by molar-refractivity contribution is -0.156. The fraction of sp³-hybridized carbons (Fsp3) is 0.806. The van der Waals surface area contributed by atoms with E-state index in [1.807, 2.05) is 0 Å². The number of hydrogen-bond donors (Lipinski definition) is 1. The number of benzene rings is 1. The lowest BCUT2D eigenvalue weighted by Crippen LogP contribution is -2.56. The van der Waals surface area contributed by atoms with Crippen molar-refractivity contribution in [3.63, 3.8) is 0 Å². The molecule has 4 aliphatic rings. The second-order valence-corrected chi connectivity index (χ2v) is 19.5. The van der Waals surface area contributed by atoms with Gasteiger partial charge in [0.2, 0.25) is 0 Å². The Hall–Kier alpha value is -0.643. The smallest absolute Gasteiger partial charge is 0.192 e. The summed E-state index contributed by atoms with van der Waals surface area (Å²) in [4.78, 5) is 0. The molecule has 1 aromatic carbocycles. The molecule has 4 fully saturated rings. The highest BCUT2D eigenvalue weighted by molar-refractivity contribution is 6.74. The maximum Gasteiger partial charge on any atom is 0.192 e. The molecule has 2 nitrogen and oxygen atoms in total. The molecule has 5 rings (SSSR count). The average molecular weight is 483 g/mol. The summed E-state index contributed by atoms with van der Waals surface area (Å²) in [7, 11) is -1.76. The normalized spacial score (nSPS) is 44.8. The van der Waals surface area contributed by atoms with Gasteiger partial charge in [-0.2, -0.15) is 0 Å². The van der Waals surface area contributed by atoms with Crippen molar-refractivity contribution in [2.75, 3.05) is 0 Å². The van der Waals surface area contributed by atoms with E-state index in [0.29, 0.717) is 22.9 Å². The molecule has 1 aromatic rings. The molecule has 4 aliphatic carbocycles. The van der Waals surface area contributed by atoms with Crippen LogP contribution in [0.2, 0.25) is 18.1 Å². The van der Waals surface area contributed by atoms with Crippen molar-refractivity contribution in [2.24, 2.45) is 34.5 Å².